The van der Waals surface area contributed by atoms with Crippen LogP contribution in [0.5, 0.6) is 0 Å². The number of anilines is 1. The van der Waals surface area contributed by atoms with E-state index >= 15 is 0 Å². The zero-order valence-electron chi connectivity index (χ0n) is 37.1. The molecule has 0 radical (unpaired) electrons. The van der Waals surface area contributed by atoms with E-state index in [1.54, 1.807) is 12.4 Å². The molecule has 12 heteroatoms. The molecule has 2 aromatic rings. The molecule has 60 heavy (non-hydrogen) atoms. The van der Waals surface area contributed by atoms with E-state index < -0.39 is 5.97 Å². The Morgan fingerprint density at radius 3 is 2.42 bits per heavy atom. The molecule has 1 amide bonds. The first-order chi connectivity index (χ1) is 29.1. The number of hydrogen-bond donors (Lipinski definition) is 5. The second-order valence-corrected chi connectivity index (χ2v) is 17.4. The first kappa shape index (κ1) is 48.8. The number of aromatic nitrogens is 3. The van der Waals surface area contributed by atoms with Crippen molar-refractivity contribution < 1.29 is 29.7 Å². The maximum Gasteiger partial charge on any atom is 0.303 e. The summed E-state index contributed by atoms with van der Waals surface area (Å²) in [7, 11) is 0. The predicted molar refractivity (Wildman–Crippen MR) is 238 cm³/mol. The number of aliphatic carboxylic acids is 1. The van der Waals surface area contributed by atoms with Crippen molar-refractivity contribution in [1.29, 1.82) is 0 Å². The first-order valence-electron chi connectivity index (χ1n) is 23.3. The Kier molecular flexibility index (Phi) is 22.0. The van der Waals surface area contributed by atoms with E-state index in [-0.39, 0.29) is 42.9 Å². The highest BCUT2D eigenvalue weighted by Crippen LogP contribution is 2.30. The molecule has 0 saturated carbocycles. The van der Waals surface area contributed by atoms with E-state index in [4.69, 9.17) is 4.98 Å². The molecule has 4 atom stereocenters. The number of unbranched alkanes of at least 4 members (excludes halogenated alkanes) is 8. The summed E-state index contributed by atoms with van der Waals surface area (Å²) in [6.45, 7) is 8.31. The number of likely N-dealkylation sites (tertiary alicyclic amines) is 1. The second kappa shape index (κ2) is 27.1. The molecule has 0 aromatic carbocycles. The number of amides is 1. The van der Waals surface area contributed by atoms with Crippen LogP contribution in [-0.2, 0) is 33.6 Å². The lowest BCUT2D eigenvalue weighted by molar-refractivity contribution is -0.137. The number of rotatable bonds is 30. The summed E-state index contributed by atoms with van der Waals surface area (Å²) in [5.41, 5.74) is 5.80. The number of pyridine rings is 1. The van der Waals surface area contributed by atoms with Crippen LogP contribution in [0.15, 0.2) is 30.2 Å². The number of aliphatic hydroxyl groups is 2. The molecule has 1 saturated heterocycles. The van der Waals surface area contributed by atoms with E-state index in [1.165, 1.54) is 16.8 Å². The maximum atomic E-state index is 13.1. The quantitative estimate of drug-likeness (QED) is 0.0480. The van der Waals surface area contributed by atoms with Crippen molar-refractivity contribution >= 4 is 23.5 Å². The summed E-state index contributed by atoms with van der Waals surface area (Å²) in [5.74, 6) is 1.55. The van der Waals surface area contributed by atoms with Gasteiger partial charge in [0.2, 0.25) is 5.91 Å². The van der Waals surface area contributed by atoms with Gasteiger partial charge >= 0.3 is 5.97 Å². The molecule has 0 spiro atoms. The van der Waals surface area contributed by atoms with Crippen molar-refractivity contribution in [3.63, 3.8) is 0 Å². The third-order valence-electron chi connectivity index (χ3n) is 12.5. The van der Waals surface area contributed by atoms with Crippen LogP contribution < -0.4 is 10.6 Å². The van der Waals surface area contributed by atoms with Gasteiger partial charge in [-0.1, -0.05) is 64.0 Å². The van der Waals surface area contributed by atoms with Crippen LogP contribution in [0.1, 0.15) is 176 Å². The molecule has 4 heterocycles. The topological polar surface area (TPSA) is 178 Å². The van der Waals surface area contributed by atoms with Gasteiger partial charge in [-0.25, -0.2) is 15.0 Å². The van der Waals surface area contributed by atoms with Crippen molar-refractivity contribution in [1.82, 2.24) is 25.2 Å². The number of aliphatic hydroxyl groups excluding tert-OH is 2. The van der Waals surface area contributed by atoms with Gasteiger partial charge in [-0.15, -0.1) is 0 Å². The molecule has 2 aromatic heterocycles. The number of allylic oxidation sites excluding steroid dienone is 2. The molecule has 12 nitrogen and oxygen atoms in total. The molecule has 4 rings (SSSR count). The molecule has 0 bridgehead atoms. The van der Waals surface area contributed by atoms with Gasteiger partial charge in [-0.2, -0.15) is 0 Å². The van der Waals surface area contributed by atoms with Gasteiger partial charge in [0.15, 0.2) is 0 Å². The lowest BCUT2D eigenvalue weighted by Gasteiger charge is -2.28. The van der Waals surface area contributed by atoms with Crippen molar-refractivity contribution in [2.45, 2.75) is 187 Å². The lowest BCUT2D eigenvalue weighted by atomic mass is 9.88. The van der Waals surface area contributed by atoms with E-state index in [2.05, 4.69) is 44.6 Å². The average Bonchev–Trinajstić information content (AvgIpc) is 3.62. The number of β-amino-alcohol motifs (C(OH)–C–C–N with tert-alkyl or cyclic N) is 1. The van der Waals surface area contributed by atoms with Crippen LogP contribution in [0.2, 0.25) is 0 Å². The van der Waals surface area contributed by atoms with Crippen LogP contribution in [0.3, 0.4) is 0 Å². The maximum absolute atomic E-state index is 13.1. The Labute approximate surface area is 359 Å². The number of aryl methyl sites for hydroxylation is 3. The third-order valence-corrected chi connectivity index (χ3v) is 12.5. The highest BCUT2D eigenvalue weighted by atomic mass is 16.4. The van der Waals surface area contributed by atoms with E-state index in [9.17, 15) is 29.7 Å². The number of ketones is 1. The van der Waals surface area contributed by atoms with E-state index in [0.29, 0.717) is 50.4 Å². The third kappa shape index (κ3) is 17.2. The molecule has 2 aliphatic heterocycles. The Morgan fingerprint density at radius 2 is 1.68 bits per heavy atom. The number of carboxylic acid groups (broad SMARTS) is 1. The zero-order valence-corrected chi connectivity index (χ0v) is 37.1. The second-order valence-electron chi connectivity index (χ2n) is 17.4. The number of fused-ring (bicyclic) bond motifs is 1. The average molecular weight is 833 g/mol. The Hall–Kier alpha value is -3.90. The van der Waals surface area contributed by atoms with Crippen molar-refractivity contribution in [3.8, 4) is 0 Å². The van der Waals surface area contributed by atoms with Gasteiger partial charge in [-0.05, 0) is 119 Å². The number of Topliss-reactive ketones (excluding diaryl/α,β-unsaturated/α-hetero) is 1. The van der Waals surface area contributed by atoms with Gasteiger partial charge in [0.25, 0.3) is 0 Å². The Bertz CT molecular complexity index is 1630. The van der Waals surface area contributed by atoms with Gasteiger partial charge < -0.3 is 30.9 Å². The number of carbonyl (C=O) groups is 3. The monoisotopic (exact) mass is 833 g/mol. The predicted octanol–water partition coefficient (Wildman–Crippen LogP) is 8.17. The fraction of sp³-hybridized carbons (Fsp3) is 0.708. The lowest BCUT2D eigenvalue weighted by Crippen LogP contribution is -2.31. The first-order valence-corrected chi connectivity index (χ1v) is 23.3. The van der Waals surface area contributed by atoms with Crippen molar-refractivity contribution in [2.75, 3.05) is 31.6 Å². The fourth-order valence-corrected chi connectivity index (χ4v) is 8.96. The van der Waals surface area contributed by atoms with Gasteiger partial charge in [-0.3, -0.25) is 14.4 Å². The molecule has 1 fully saturated rings. The largest absolute Gasteiger partial charge is 0.481 e. The highest BCUT2D eigenvalue weighted by molar-refractivity contribution is 5.78. The van der Waals surface area contributed by atoms with Crippen LogP contribution in [0, 0.1) is 12.8 Å². The fourth-order valence-electron chi connectivity index (χ4n) is 8.96. The number of hydrogen-bond acceptors (Lipinski definition) is 10. The zero-order chi connectivity index (χ0) is 43.1. The normalized spacial score (nSPS) is 17.6. The van der Waals surface area contributed by atoms with Crippen molar-refractivity contribution in [3.05, 3.63) is 58.4 Å². The van der Waals surface area contributed by atoms with Crippen molar-refractivity contribution in [2.24, 2.45) is 5.92 Å². The smallest absolute Gasteiger partial charge is 0.303 e. The molecule has 5 N–H and O–H groups in total. The summed E-state index contributed by atoms with van der Waals surface area (Å²) in [4.78, 5) is 52.9. The molecule has 0 aliphatic carbocycles. The molecular weight excluding hydrogens is 757 g/mol. The van der Waals surface area contributed by atoms with E-state index in [0.717, 1.165) is 139 Å². The molecule has 334 valence electrons. The summed E-state index contributed by atoms with van der Waals surface area (Å²) in [6.07, 6.45) is 24.9. The van der Waals surface area contributed by atoms with Crippen LogP contribution in [-0.4, -0.2) is 91.2 Å². The summed E-state index contributed by atoms with van der Waals surface area (Å²) < 4.78 is 0. The minimum Gasteiger partial charge on any atom is -0.481 e. The van der Waals surface area contributed by atoms with E-state index in [1.807, 2.05) is 13.8 Å². The SMILES string of the molecule is C/C=C(/CCCCCNC(=O)CCCCCCC(=O)CC(CC)Cc1cc2c(nc1CCCCCC[C@@H](CC(=O)O)c1cnc(C)nc1)NCCC2)N1CC(O)C[C@H]1CO. The highest BCUT2D eigenvalue weighted by Gasteiger charge is 2.31. The minimum absolute atomic E-state index is 0.00178. The molecular formula is C48H76N6O6. The summed E-state index contributed by atoms with van der Waals surface area (Å²) >= 11 is 0. The van der Waals surface area contributed by atoms with Crippen LogP contribution >= 0.6 is 0 Å². The van der Waals surface area contributed by atoms with Crippen LogP contribution in [0.25, 0.3) is 0 Å². The van der Waals surface area contributed by atoms with Gasteiger partial charge in [0, 0.05) is 62.7 Å². The summed E-state index contributed by atoms with van der Waals surface area (Å²) in [5, 5.41) is 35.7. The number of nitrogens with zero attached hydrogens (tertiary/aromatic N) is 4. The van der Waals surface area contributed by atoms with Crippen LogP contribution in [0.4, 0.5) is 5.82 Å². The Morgan fingerprint density at radius 1 is 0.967 bits per heavy atom. The van der Waals surface area contributed by atoms with Gasteiger partial charge in [0.05, 0.1) is 25.2 Å². The standard InChI is InChI=1S/C48H76N6O6/c1-4-36(27-43(56)21-13-7-9-15-23-46(58)49-24-16-10-12-20-41(5-2)54-33-44(57)30-42(54)34-55)26-39-28-38-19-17-25-50-48(38)53-45(39)22-14-8-6-11-18-37(29-47(59)60)40-31-51-35(3)52-32-40/h5,28,31-32,36-37,42,44,55,57H,4,6-27,29-30,33-34H2,1-3H3,(H,49,58)(H,50,53)(H,59,60)/b41-5-/t36?,37-,42-,44?/m0/s1. The summed E-state index contributed by atoms with van der Waals surface area (Å²) in [6, 6.07) is 2.35. The van der Waals surface area contributed by atoms with Gasteiger partial charge in [0.1, 0.15) is 17.4 Å². The Balaban J connectivity index is 1.10. The number of carbonyl (C=O) groups excluding carboxylic acids is 2. The molecule has 2 unspecified atom stereocenters. The minimum atomic E-state index is -0.796. The number of carboxylic acids is 1. The number of nitrogens with one attached hydrogen (secondary N) is 2. The molecule has 2 aliphatic rings.